The van der Waals surface area contributed by atoms with Gasteiger partial charge >= 0.3 is 6.18 Å². The first-order valence-corrected chi connectivity index (χ1v) is 8.61. The zero-order valence-corrected chi connectivity index (χ0v) is 15.6. The molecule has 0 bridgehead atoms. The van der Waals surface area contributed by atoms with Gasteiger partial charge in [0.1, 0.15) is 0 Å². The molecule has 0 spiro atoms. The molecule has 0 aliphatic rings. The molecule has 148 valence electrons. The second-order valence-electron chi connectivity index (χ2n) is 6.34. The number of hydrogen-bond donors (Lipinski definition) is 2. The first-order chi connectivity index (χ1) is 12.3. The molecule has 1 aromatic rings. The average molecular weight is 374 g/mol. The van der Waals surface area contributed by atoms with Gasteiger partial charge < -0.3 is 15.4 Å². The van der Waals surface area contributed by atoms with Gasteiger partial charge in [-0.25, -0.2) is 0 Å². The molecule has 0 amide bonds. The van der Waals surface area contributed by atoms with Gasteiger partial charge in [0.05, 0.1) is 19.8 Å². The van der Waals surface area contributed by atoms with Crippen molar-refractivity contribution in [3.63, 3.8) is 0 Å². The van der Waals surface area contributed by atoms with Crippen LogP contribution in [0.3, 0.4) is 0 Å². The molecule has 26 heavy (non-hydrogen) atoms. The molecule has 0 saturated heterocycles. The van der Waals surface area contributed by atoms with Crippen molar-refractivity contribution in [2.24, 2.45) is 10.9 Å². The Morgan fingerprint density at radius 2 is 1.92 bits per heavy atom. The van der Waals surface area contributed by atoms with Crippen molar-refractivity contribution in [2.45, 2.75) is 19.7 Å². The third-order valence-corrected chi connectivity index (χ3v) is 3.59. The third-order valence-electron chi connectivity index (χ3n) is 3.59. The summed E-state index contributed by atoms with van der Waals surface area (Å²) in [4.78, 5) is 5.29. The minimum atomic E-state index is -4.18. The summed E-state index contributed by atoms with van der Waals surface area (Å²) in [5.41, 5.74) is 1.13. The van der Waals surface area contributed by atoms with Gasteiger partial charge in [0.15, 0.2) is 5.96 Å². The van der Waals surface area contributed by atoms with Gasteiger partial charge in [0.25, 0.3) is 0 Å². The Kier molecular flexibility index (Phi) is 10.0. The predicted octanol–water partition coefficient (Wildman–Crippen LogP) is 2.50. The molecule has 0 radical (unpaired) electrons. The highest BCUT2D eigenvalue weighted by Gasteiger charge is 2.28. The highest BCUT2D eigenvalue weighted by Crippen LogP contribution is 2.14. The molecule has 0 saturated carbocycles. The van der Waals surface area contributed by atoms with Crippen molar-refractivity contribution in [1.82, 2.24) is 15.5 Å². The summed E-state index contributed by atoms with van der Waals surface area (Å²) in [6.07, 6.45) is -4.18. The fourth-order valence-corrected chi connectivity index (χ4v) is 2.25. The molecular weight excluding hydrogens is 345 g/mol. The smallest absolute Gasteiger partial charge is 0.376 e. The number of alkyl halides is 3. The zero-order chi connectivity index (χ0) is 19.4. The van der Waals surface area contributed by atoms with E-state index in [2.05, 4.69) is 22.5 Å². The van der Waals surface area contributed by atoms with Crippen LogP contribution >= 0.6 is 0 Å². The van der Waals surface area contributed by atoms with Gasteiger partial charge in [0.2, 0.25) is 0 Å². The van der Waals surface area contributed by atoms with Crippen molar-refractivity contribution in [3.8, 4) is 0 Å². The molecule has 1 rings (SSSR count). The minimum Gasteiger partial charge on any atom is -0.376 e. The molecule has 5 nitrogen and oxygen atoms in total. The first kappa shape index (κ1) is 22.2. The van der Waals surface area contributed by atoms with E-state index < -0.39 is 12.7 Å². The summed E-state index contributed by atoms with van der Waals surface area (Å²) >= 11 is 0. The van der Waals surface area contributed by atoms with Crippen molar-refractivity contribution >= 4 is 5.96 Å². The molecule has 1 atom stereocenters. The van der Waals surface area contributed by atoms with Crippen LogP contribution in [0.1, 0.15) is 12.5 Å². The third kappa shape index (κ3) is 10.9. The van der Waals surface area contributed by atoms with E-state index in [0.717, 1.165) is 5.56 Å². The van der Waals surface area contributed by atoms with Crippen molar-refractivity contribution < 1.29 is 17.9 Å². The van der Waals surface area contributed by atoms with Gasteiger partial charge in [-0.2, -0.15) is 13.2 Å². The van der Waals surface area contributed by atoms with Crippen LogP contribution in [0, 0.1) is 5.92 Å². The predicted molar refractivity (Wildman–Crippen MR) is 98.2 cm³/mol. The lowest BCUT2D eigenvalue weighted by Crippen LogP contribution is -2.43. The van der Waals surface area contributed by atoms with E-state index in [0.29, 0.717) is 32.3 Å². The Balaban J connectivity index is 2.16. The fraction of sp³-hybridized carbons (Fsp3) is 0.611. The Bertz CT molecular complexity index is 523. The molecule has 1 aromatic carbocycles. The number of halogens is 3. The number of likely N-dealkylation sites (N-methyl/N-ethyl adjacent to an activating group) is 1. The van der Waals surface area contributed by atoms with Crippen molar-refractivity contribution in [3.05, 3.63) is 35.9 Å². The zero-order valence-electron chi connectivity index (χ0n) is 15.6. The second-order valence-corrected chi connectivity index (χ2v) is 6.34. The van der Waals surface area contributed by atoms with Gasteiger partial charge in [-0.15, -0.1) is 0 Å². The van der Waals surface area contributed by atoms with E-state index in [-0.39, 0.29) is 12.5 Å². The lowest BCUT2D eigenvalue weighted by Gasteiger charge is -2.20. The number of nitrogens with one attached hydrogen (secondary N) is 2. The summed E-state index contributed by atoms with van der Waals surface area (Å²) in [5.74, 6) is 0.838. The molecule has 2 N–H and O–H groups in total. The number of rotatable bonds is 10. The Hall–Kier alpha value is -1.80. The maximum Gasteiger partial charge on any atom is 0.401 e. The summed E-state index contributed by atoms with van der Waals surface area (Å²) in [6.45, 7) is 3.63. The van der Waals surface area contributed by atoms with E-state index >= 15 is 0 Å². The van der Waals surface area contributed by atoms with Gasteiger partial charge in [-0.1, -0.05) is 37.3 Å². The van der Waals surface area contributed by atoms with Crippen LogP contribution in [0.2, 0.25) is 0 Å². The maximum atomic E-state index is 12.3. The van der Waals surface area contributed by atoms with Crippen LogP contribution in [-0.2, 0) is 11.3 Å². The summed E-state index contributed by atoms with van der Waals surface area (Å²) in [5, 5.41) is 6.17. The summed E-state index contributed by atoms with van der Waals surface area (Å²) in [6, 6.07) is 9.96. The Morgan fingerprint density at radius 3 is 2.54 bits per heavy atom. The number of ether oxygens (including phenoxy) is 1. The lowest BCUT2D eigenvalue weighted by molar-refractivity contribution is -0.142. The topological polar surface area (TPSA) is 48.9 Å². The molecule has 0 aliphatic heterocycles. The van der Waals surface area contributed by atoms with E-state index in [1.54, 1.807) is 7.05 Å². The number of nitrogens with zero attached hydrogens (tertiary/aromatic N) is 2. The number of guanidine groups is 1. The molecule has 0 heterocycles. The van der Waals surface area contributed by atoms with Crippen molar-refractivity contribution in [2.75, 3.05) is 46.9 Å². The molecule has 1 unspecified atom stereocenters. The number of hydrogen-bond acceptors (Lipinski definition) is 3. The van der Waals surface area contributed by atoms with Gasteiger partial charge in [-0.3, -0.25) is 9.89 Å². The Labute approximate surface area is 153 Å². The van der Waals surface area contributed by atoms with Crippen LogP contribution in [-0.4, -0.2) is 63.9 Å². The quantitative estimate of drug-likeness (QED) is 0.488. The molecule has 8 heteroatoms. The first-order valence-electron chi connectivity index (χ1n) is 8.61. The second kappa shape index (κ2) is 11.7. The van der Waals surface area contributed by atoms with Gasteiger partial charge in [0, 0.05) is 26.7 Å². The summed E-state index contributed by atoms with van der Waals surface area (Å²) in [7, 11) is 3.07. The van der Waals surface area contributed by atoms with E-state index in [4.69, 9.17) is 4.74 Å². The van der Waals surface area contributed by atoms with E-state index in [1.165, 1.54) is 11.9 Å². The molecular formula is C18H29F3N4O. The van der Waals surface area contributed by atoms with E-state index in [9.17, 15) is 13.2 Å². The highest BCUT2D eigenvalue weighted by atomic mass is 19.4. The van der Waals surface area contributed by atoms with E-state index in [1.807, 2.05) is 30.3 Å². The largest absolute Gasteiger partial charge is 0.401 e. The normalized spacial score (nSPS) is 13.7. The monoisotopic (exact) mass is 374 g/mol. The average Bonchev–Trinajstić information content (AvgIpc) is 2.57. The maximum absolute atomic E-state index is 12.3. The number of benzene rings is 1. The van der Waals surface area contributed by atoms with Crippen molar-refractivity contribution in [1.29, 1.82) is 0 Å². The van der Waals surface area contributed by atoms with Crippen LogP contribution in [0.4, 0.5) is 13.2 Å². The SMILES string of the molecule is CN=C(NCCN(C)CC(F)(F)F)NCC(C)COCc1ccccc1. The van der Waals surface area contributed by atoms with Crippen LogP contribution in [0.15, 0.2) is 35.3 Å². The molecule has 0 aliphatic carbocycles. The number of aliphatic imine (C=N–C) groups is 1. The van der Waals surface area contributed by atoms with Crippen LogP contribution < -0.4 is 10.6 Å². The minimum absolute atomic E-state index is 0.269. The Morgan fingerprint density at radius 1 is 1.23 bits per heavy atom. The fourth-order valence-electron chi connectivity index (χ4n) is 2.25. The standard InChI is InChI=1S/C18H29F3N4O/c1-15(12-26-13-16-7-5-4-6-8-16)11-24-17(22-2)23-9-10-25(3)14-18(19,20)21/h4-8,15H,9-14H2,1-3H3,(H2,22,23,24). The lowest BCUT2D eigenvalue weighted by atomic mass is 10.2. The summed E-state index contributed by atoms with van der Waals surface area (Å²) < 4.78 is 42.5. The van der Waals surface area contributed by atoms with Crippen LogP contribution in [0.5, 0.6) is 0 Å². The highest BCUT2D eigenvalue weighted by molar-refractivity contribution is 5.79. The molecule has 0 fully saturated rings. The molecule has 0 aromatic heterocycles. The van der Waals surface area contributed by atoms with Gasteiger partial charge in [-0.05, 0) is 18.5 Å². The van der Waals surface area contributed by atoms with Crippen LogP contribution in [0.25, 0.3) is 0 Å².